The Balaban J connectivity index is 0.000000202. The fourth-order valence-corrected chi connectivity index (χ4v) is 9.67. The van der Waals surface area contributed by atoms with Crippen LogP contribution in [0.3, 0.4) is 0 Å². The number of thiophene rings is 2. The Labute approximate surface area is 343 Å². The van der Waals surface area contributed by atoms with E-state index in [2.05, 4.69) is 49.9 Å². The van der Waals surface area contributed by atoms with Gasteiger partial charge in [0.05, 0.1) is 21.8 Å². The van der Waals surface area contributed by atoms with E-state index in [1.54, 1.807) is 22.7 Å². The molecule has 10 aromatic rings. The first-order chi connectivity index (χ1) is 28.4. The molecule has 0 spiro atoms. The number of rotatable bonds is 7. The quantitative estimate of drug-likeness (QED) is 0.157. The number of anilines is 1. The molecule has 8 heteroatoms. The van der Waals surface area contributed by atoms with Crippen LogP contribution in [0.5, 0.6) is 0 Å². The first-order valence-corrected chi connectivity index (χ1v) is 20.5. The van der Waals surface area contributed by atoms with Crippen LogP contribution >= 0.6 is 22.7 Å². The van der Waals surface area contributed by atoms with Crippen LogP contribution in [-0.2, 0) is 0 Å². The van der Waals surface area contributed by atoms with Gasteiger partial charge in [0.1, 0.15) is 11.3 Å². The van der Waals surface area contributed by atoms with E-state index in [4.69, 9.17) is 30.5 Å². The molecule has 0 bridgehead atoms. The van der Waals surface area contributed by atoms with Crippen molar-refractivity contribution in [2.24, 2.45) is 0 Å². The number of hydrogen-bond donors (Lipinski definition) is 2. The first kappa shape index (κ1) is 36.6. The van der Waals surface area contributed by atoms with Crippen LogP contribution in [0.15, 0.2) is 157 Å². The summed E-state index contributed by atoms with van der Waals surface area (Å²) in [6.45, 7) is 8.17. The Morgan fingerprint density at radius 3 is 2.00 bits per heavy atom. The monoisotopic (exact) mass is 787 g/mol. The summed E-state index contributed by atoms with van der Waals surface area (Å²) < 4.78 is 9.98. The number of nitrogens with zero attached hydrogens (tertiary/aromatic N) is 3. The van der Waals surface area contributed by atoms with Gasteiger partial charge in [-0.25, -0.2) is 15.0 Å². The molecule has 0 unspecified atom stereocenters. The number of fused-ring (bicyclic) bond motifs is 5. The maximum absolute atomic E-state index is 8.27. The van der Waals surface area contributed by atoms with Gasteiger partial charge >= 0.3 is 0 Å². The molecule has 6 nitrogen and oxygen atoms in total. The number of para-hydroxylation sites is 1. The Morgan fingerprint density at radius 1 is 0.655 bits per heavy atom. The second kappa shape index (κ2) is 15.5. The molecule has 0 saturated heterocycles. The standard InChI is InChI=1S/C35H25N3OS.C15H12N2S/c1-4-12-27-23(5-2)24-16-10-18-26(32(24)39-27)35-37-33(22-14-7-6-8-15-22)36-34(38-35)25-17-11-20-29-31(25)30-21(3)13-9-19-28(30)40-29;16-13(10-6-2-1-3-7-10)15-14(17)11-8-4-5-9-12(11)18-15/h4-20H,2H2,1,3H3;1-9,16H,17H2/b12-4-;. The number of furan rings is 1. The summed E-state index contributed by atoms with van der Waals surface area (Å²) in [6.07, 6.45) is 5.76. The number of hydrogen-bond acceptors (Lipinski definition) is 8. The van der Waals surface area contributed by atoms with Gasteiger partial charge in [0.2, 0.25) is 0 Å². The Bertz CT molecular complexity index is 3190. The zero-order valence-corrected chi connectivity index (χ0v) is 33.5. The largest absolute Gasteiger partial charge is 0.455 e. The lowest BCUT2D eigenvalue weighted by Crippen LogP contribution is -2.01. The molecule has 4 heterocycles. The van der Waals surface area contributed by atoms with Gasteiger partial charge in [-0.1, -0.05) is 134 Å². The number of aryl methyl sites for hydroxylation is 1. The van der Waals surface area contributed by atoms with Crippen molar-refractivity contribution in [1.82, 2.24) is 15.0 Å². The molecule has 4 aromatic heterocycles. The number of benzene rings is 6. The third-order valence-corrected chi connectivity index (χ3v) is 12.4. The number of nitrogen functional groups attached to an aromatic ring is 1. The Morgan fingerprint density at radius 2 is 1.26 bits per heavy atom. The van der Waals surface area contributed by atoms with Gasteiger partial charge in [-0.3, -0.25) is 5.41 Å². The number of aromatic nitrogens is 3. The Hall–Kier alpha value is -7.00. The van der Waals surface area contributed by atoms with E-state index >= 15 is 0 Å². The normalized spacial score (nSPS) is 11.4. The van der Waals surface area contributed by atoms with Gasteiger partial charge < -0.3 is 10.2 Å². The minimum absolute atomic E-state index is 0.495. The van der Waals surface area contributed by atoms with E-state index in [-0.39, 0.29) is 0 Å². The summed E-state index contributed by atoms with van der Waals surface area (Å²) in [7, 11) is 0. The topological polar surface area (TPSA) is 102 Å². The van der Waals surface area contributed by atoms with Gasteiger partial charge in [0.15, 0.2) is 17.5 Å². The fraction of sp³-hybridized carbons (Fsp3) is 0.0400. The van der Waals surface area contributed by atoms with Crippen molar-refractivity contribution in [3.05, 3.63) is 180 Å². The van der Waals surface area contributed by atoms with Crippen molar-refractivity contribution < 1.29 is 4.42 Å². The lowest BCUT2D eigenvalue weighted by molar-refractivity contribution is 0.604. The van der Waals surface area contributed by atoms with E-state index < -0.39 is 0 Å². The molecular formula is C50H37N5OS2. The predicted octanol–water partition coefficient (Wildman–Crippen LogP) is 13.9. The maximum atomic E-state index is 8.27. The highest BCUT2D eigenvalue weighted by Gasteiger charge is 2.21. The number of allylic oxidation sites excluding steroid dienone is 1. The SMILES string of the molecule is C=Cc1c(/C=C\C)oc2c(-c3nc(-c4ccccc4)nc(-c4cccc5sc6cccc(C)c6c45)n3)cccc12.N=C(c1ccccc1)c1sc2ccccc2c1N. The number of nitrogens with one attached hydrogen (secondary N) is 1. The van der Waals surface area contributed by atoms with Gasteiger partial charge in [-0.2, -0.15) is 0 Å². The molecule has 58 heavy (non-hydrogen) atoms. The summed E-state index contributed by atoms with van der Waals surface area (Å²) in [5.74, 6) is 2.59. The highest BCUT2D eigenvalue weighted by Crippen LogP contribution is 2.42. The molecule has 280 valence electrons. The molecule has 0 fully saturated rings. The van der Waals surface area contributed by atoms with E-state index in [0.717, 1.165) is 59.5 Å². The highest BCUT2D eigenvalue weighted by molar-refractivity contribution is 7.26. The van der Waals surface area contributed by atoms with Gasteiger partial charge in [0.25, 0.3) is 0 Å². The zero-order chi connectivity index (χ0) is 39.8. The molecule has 0 aliphatic heterocycles. The van der Waals surface area contributed by atoms with E-state index in [9.17, 15) is 0 Å². The summed E-state index contributed by atoms with van der Waals surface area (Å²) >= 11 is 3.37. The van der Waals surface area contributed by atoms with Crippen LogP contribution in [0.25, 0.3) is 87.5 Å². The van der Waals surface area contributed by atoms with E-state index in [1.165, 1.54) is 25.7 Å². The summed E-state index contributed by atoms with van der Waals surface area (Å²) in [6, 6.07) is 46.7. The molecule has 3 N–H and O–H groups in total. The minimum Gasteiger partial charge on any atom is -0.455 e. The molecule has 0 aliphatic rings. The zero-order valence-electron chi connectivity index (χ0n) is 31.9. The molecular weight excluding hydrogens is 751 g/mol. The second-order valence-corrected chi connectivity index (χ2v) is 15.9. The van der Waals surface area contributed by atoms with Crippen molar-refractivity contribution in [3.63, 3.8) is 0 Å². The third-order valence-electron chi connectivity index (χ3n) is 10.1. The molecule has 0 atom stereocenters. The van der Waals surface area contributed by atoms with Crippen molar-refractivity contribution in [3.8, 4) is 34.2 Å². The minimum atomic E-state index is 0.495. The second-order valence-electron chi connectivity index (χ2n) is 13.7. The van der Waals surface area contributed by atoms with Gasteiger partial charge in [-0.05, 0) is 49.8 Å². The van der Waals surface area contributed by atoms with Crippen LogP contribution in [0.1, 0.15) is 34.3 Å². The molecule has 6 aromatic carbocycles. The van der Waals surface area contributed by atoms with Crippen molar-refractivity contribution in [2.45, 2.75) is 13.8 Å². The molecule has 0 radical (unpaired) electrons. The molecule has 10 rings (SSSR count). The van der Waals surface area contributed by atoms with Crippen molar-refractivity contribution in [1.29, 1.82) is 5.41 Å². The lowest BCUT2D eigenvalue weighted by atomic mass is 10.0. The van der Waals surface area contributed by atoms with Crippen LogP contribution in [0.2, 0.25) is 0 Å². The van der Waals surface area contributed by atoms with E-state index in [0.29, 0.717) is 28.9 Å². The molecule has 0 amide bonds. The molecule has 0 saturated carbocycles. The first-order valence-electron chi connectivity index (χ1n) is 18.9. The van der Waals surface area contributed by atoms with Crippen molar-refractivity contribution >= 4 is 87.5 Å². The van der Waals surface area contributed by atoms with Crippen LogP contribution in [0.4, 0.5) is 5.69 Å². The fourth-order valence-electron chi connectivity index (χ4n) is 7.36. The Kier molecular flexibility index (Phi) is 9.79. The maximum Gasteiger partial charge on any atom is 0.167 e. The number of nitrogens with two attached hydrogens (primary N) is 1. The van der Waals surface area contributed by atoms with Crippen LogP contribution in [-0.4, -0.2) is 20.7 Å². The van der Waals surface area contributed by atoms with Gasteiger partial charge in [-0.15, -0.1) is 22.7 Å². The van der Waals surface area contributed by atoms with Crippen LogP contribution < -0.4 is 5.73 Å². The molecule has 0 aliphatic carbocycles. The summed E-state index contributed by atoms with van der Waals surface area (Å²) in [5, 5.41) is 12.7. The highest BCUT2D eigenvalue weighted by atomic mass is 32.1. The smallest absolute Gasteiger partial charge is 0.167 e. The van der Waals surface area contributed by atoms with Gasteiger partial charge in [0, 0.05) is 57.9 Å². The lowest BCUT2D eigenvalue weighted by Gasteiger charge is -2.10. The average Bonchev–Trinajstić information content (AvgIpc) is 3.95. The summed E-state index contributed by atoms with van der Waals surface area (Å²) in [4.78, 5) is 16.0. The van der Waals surface area contributed by atoms with Crippen molar-refractivity contribution in [2.75, 3.05) is 5.73 Å². The summed E-state index contributed by atoms with van der Waals surface area (Å²) in [5.41, 5.74) is 13.9. The predicted molar refractivity (Wildman–Crippen MR) is 247 cm³/mol. The third kappa shape index (κ3) is 6.58. The van der Waals surface area contributed by atoms with Crippen LogP contribution in [0, 0.1) is 12.3 Å². The average molecular weight is 788 g/mol. The van der Waals surface area contributed by atoms with E-state index in [1.807, 2.05) is 128 Å².